The number of carbonyl (C=O) groups is 1. The first-order valence-electron chi connectivity index (χ1n) is 5.03. The zero-order valence-electron chi connectivity index (χ0n) is 8.58. The Balaban J connectivity index is 2.25. The van der Waals surface area contributed by atoms with E-state index in [4.69, 9.17) is 10.5 Å². The maximum absolute atomic E-state index is 11.2. The highest BCUT2D eigenvalue weighted by Crippen LogP contribution is 2.19. The van der Waals surface area contributed by atoms with Crippen LogP contribution in [0.5, 0.6) is 0 Å². The van der Waals surface area contributed by atoms with Crippen molar-refractivity contribution in [2.75, 3.05) is 20.3 Å². The molecule has 4 N–H and O–H groups in total. The van der Waals surface area contributed by atoms with Crippen molar-refractivity contribution in [3.63, 3.8) is 0 Å². The third-order valence-electron chi connectivity index (χ3n) is 2.56. The summed E-state index contributed by atoms with van der Waals surface area (Å²) in [5.41, 5.74) is 11.0. The molecule has 0 aliphatic carbocycles. The molecule has 1 fully saturated rings. The van der Waals surface area contributed by atoms with Gasteiger partial charge >= 0.3 is 0 Å². The highest BCUT2D eigenvalue weighted by Gasteiger charge is 2.22. The van der Waals surface area contributed by atoms with E-state index in [-0.39, 0.29) is 11.9 Å². The maximum atomic E-state index is 11.2. The van der Waals surface area contributed by atoms with Gasteiger partial charge in [-0.05, 0) is 18.8 Å². The fraction of sp³-hybridized carbons (Fsp3) is 0.889. The van der Waals surface area contributed by atoms with E-state index in [0.717, 1.165) is 26.1 Å². The third-order valence-corrected chi connectivity index (χ3v) is 2.56. The number of hydrogen-bond acceptors (Lipinski definition) is 4. The second-order valence-electron chi connectivity index (χ2n) is 3.62. The lowest BCUT2D eigenvalue weighted by Crippen LogP contribution is -2.42. The second-order valence-corrected chi connectivity index (χ2v) is 3.62. The average molecular weight is 201 g/mol. The molecule has 1 atom stereocenters. The third kappa shape index (κ3) is 3.61. The van der Waals surface area contributed by atoms with E-state index in [9.17, 15) is 4.79 Å². The van der Waals surface area contributed by atoms with Crippen molar-refractivity contribution in [2.45, 2.75) is 25.3 Å². The number of hydrazine groups is 1. The molecule has 0 aromatic carbocycles. The predicted molar refractivity (Wildman–Crippen MR) is 53.3 cm³/mol. The van der Waals surface area contributed by atoms with Crippen LogP contribution in [0.15, 0.2) is 0 Å². The monoisotopic (exact) mass is 201 g/mol. The minimum absolute atomic E-state index is 0.0488. The highest BCUT2D eigenvalue weighted by molar-refractivity contribution is 5.75. The van der Waals surface area contributed by atoms with Gasteiger partial charge in [-0.3, -0.25) is 10.2 Å². The van der Waals surface area contributed by atoms with Crippen molar-refractivity contribution in [1.29, 1.82) is 0 Å². The van der Waals surface area contributed by atoms with Gasteiger partial charge in [-0.2, -0.15) is 0 Å². The Bertz CT molecular complexity index is 181. The lowest BCUT2D eigenvalue weighted by molar-refractivity contribution is -0.122. The van der Waals surface area contributed by atoms with Gasteiger partial charge in [-0.1, -0.05) is 0 Å². The van der Waals surface area contributed by atoms with Gasteiger partial charge in [-0.15, -0.1) is 0 Å². The molecule has 5 heteroatoms. The van der Waals surface area contributed by atoms with Crippen LogP contribution in [-0.4, -0.2) is 32.2 Å². The van der Waals surface area contributed by atoms with E-state index >= 15 is 0 Å². The van der Waals surface area contributed by atoms with Gasteiger partial charge in [0.05, 0.1) is 0 Å². The average Bonchev–Trinajstić information content (AvgIpc) is 2.19. The van der Waals surface area contributed by atoms with Crippen molar-refractivity contribution in [3.05, 3.63) is 0 Å². The summed E-state index contributed by atoms with van der Waals surface area (Å²) >= 11 is 0. The SMILES string of the molecule is CNNC(=O)CC(N)C1CCOCC1. The normalized spacial score (nSPS) is 20.4. The molecule has 1 aliphatic heterocycles. The maximum Gasteiger partial charge on any atom is 0.235 e. The highest BCUT2D eigenvalue weighted by atomic mass is 16.5. The standard InChI is InChI=1S/C9H19N3O2/c1-11-12-9(13)6-8(10)7-2-4-14-5-3-7/h7-8,11H,2-6,10H2,1H3,(H,12,13). The molecule has 0 saturated carbocycles. The number of nitrogens with one attached hydrogen (secondary N) is 2. The largest absolute Gasteiger partial charge is 0.381 e. The topological polar surface area (TPSA) is 76.4 Å². The van der Waals surface area contributed by atoms with Crippen LogP contribution in [0.4, 0.5) is 0 Å². The summed E-state index contributed by atoms with van der Waals surface area (Å²) in [5, 5.41) is 0. The molecule has 1 aliphatic rings. The lowest BCUT2D eigenvalue weighted by Gasteiger charge is -2.27. The Morgan fingerprint density at radius 3 is 2.79 bits per heavy atom. The van der Waals surface area contributed by atoms with E-state index < -0.39 is 0 Å². The summed E-state index contributed by atoms with van der Waals surface area (Å²) in [6.45, 7) is 1.54. The molecule has 0 radical (unpaired) electrons. The molecule has 0 aromatic heterocycles. The number of nitrogens with two attached hydrogens (primary N) is 1. The predicted octanol–water partition coefficient (Wildman–Crippen LogP) is -0.619. The molecular weight excluding hydrogens is 182 g/mol. The molecule has 0 spiro atoms. The summed E-state index contributed by atoms with van der Waals surface area (Å²) in [6.07, 6.45) is 2.31. The number of hydrogen-bond donors (Lipinski definition) is 3. The lowest BCUT2D eigenvalue weighted by atomic mass is 9.90. The van der Waals surface area contributed by atoms with Crippen LogP contribution in [0, 0.1) is 5.92 Å². The molecule has 82 valence electrons. The first kappa shape index (κ1) is 11.4. The Kier molecular flexibility index (Phi) is 4.86. The van der Waals surface area contributed by atoms with Crippen LogP contribution in [0.2, 0.25) is 0 Å². The molecule has 1 unspecified atom stereocenters. The molecule has 1 saturated heterocycles. The minimum Gasteiger partial charge on any atom is -0.381 e. The minimum atomic E-state index is -0.0495. The molecule has 14 heavy (non-hydrogen) atoms. The van der Waals surface area contributed by atoms with Gasteiger partial charge in [0.2, 0.25) is 5.91 Å². The van der Waals surface area contributed by atoms with Crippen LogP contribution >= 0.6 is 0 Å². The molecule has 0 bridgehead atoms. The van der Waals surface area contributed by atoms with Crippen LogP contribution in [0.3, 0.4) is 0 Å². The van der Waals surface area contributed by atoms with Gasteiger partial charge in [0.15, 0.2) is 0 Å². The van der Waals surface area contributed by atoms with Crippen LogP contribution in [-0.2, 0) is 9.53 Å². The number of rotatable bonds is 4. The van der Waals surface area contributed by atoms with E-state index in [2.05, 4.69) is 10.9 Å². The molecule has 5 nitrogen and oxygen atoms in total. The van der Waals surface area contributed by atoms with Crippen molar-refractivity contribution in [1.82, 2.24) is 10.9 Å². The summed E-state index contributed by atoms with van der Waals surface area (Å²) < 4.78 is 5.23. The van der Waals surface area contributed by atoms with Crippen molar-refractivity contribution >= 4 is 5.91 Å². The van der Waals surface area contributed by atoms with Crippen LogP contribution in [0.25, 0.3) is 0 Å². The van der Waals surface area contributed by atoms with Gasteiger partial charge < -0.3 is 10.5 Å². The molecule has 1 rings (SSSR count). The van der Waals surface area contributed by atoms with Crippen molar-refractivity contribution in [3.8, 4) is 0 Å². The fourth-order valence-corrected chi connectivity index (χ4v) is 1.72. The zero-order chi connectivity index (χ0) is 10.4. The summed E-state index contributed by atoms with van der Waals surface area (Å²) in [7, 11) is 1.66. The summed E-state index contributed by atoms with van der Waals surface area (Å²) in [6, 6.07) is -0.0488. The van der Waals surface area contributed by atoms with Gasteiger partial charge in [0, 0.05) is 32.7 Å². The van der Waals surface area contributed by atoms with E-state index in [0.29, 0.717) is 12.3 Å². The van der Waals surface area contributed by atoms with Gasteiger partial charge in [-0.25, -0.2) is 5.43 Å². The van der Waals surface area contributed by atoms with Crippen LogP contribution in [0.1, 0.15) is 19.3 Å². The van der Waals surface area contributed by atoms with Gasteiger partial charge in [0.1, 0.15) is 0 Å². The Labute approximate surface area is 84.3 Å². The van der Waals surface area contributed by atoms with Crippen LogP contribution < -0.4 is 16.6 Å². The number of carbonyl (C=O) groups excluding carboxylic acids is 1. The number of amides is 1. The molecular formula is C9H19N3O2. The van der Waals surface area contributed by atoms with Crippen molar-refractivity contribution in [2.24, 2.45) is 11.7 Å². The Morgan fingerprint density at radius 1 is 1.57 bits per heavy atom. The van der Waals surface area contributed by atoms with E-state index in [1.807, 2.05) is 0 Å². The fourth-order valence-electron chi connectivity index (χ4n) is 1.72. The number of ether oxygens (including phenoxy) is 1. The van der Waals surface area contributed by atoms with E-state index in [1.54, 1.807) is 7.05 Å². The smallest absolute Gasteiger partial charge is 0.235 e. The summed E-state index contributed by atoms with van der Waals surface area (Å²) in [5.74, 6) is 0.373. The Hall–Kier alpha value is -0.650. The first-order chi connectivity index (χ1) is 6.74. The molecule has 0 aromatic rings. The Morgan fingerprint density at radius 2 is 2.21 bits per heavy atom. The van der Waals surface area contributed by atoms with E-state index in [1.165, 1.54) is 0 Å². The summed E-state index contributed by atoms with van der Waals surface area (Å²) in [4.78, 5) is 11.2. The molecule has 1 amide bonds. The zero-order valence-corrected chi connectivity index (χ0v) is 8.58. The first-order valence-corrected chi connectivity index (χ1v) is 5.03. The quantitative estimate of drug-likeness (QED) is 0.530. The van der Waals surface area contributed by atoms with Gasteiger partial charge in [0.25, 0.3) is 0 Å². The van der Waals surface area contributed by atoms with Crippen molar-refractivity contribution < 1.29 is 9.53 Å². The molecule has 1 heterocycles. The second kappa shape index (κ2) is 5.95.